The van der Waals surface area contributed by atoms with Crippen LogP contribution in [0.25, 0.3) is 0 Å². The molecule has 6 nitrogen and oxygen atoms in total. The zero-order chi connectivity index (χ0) is 11.0. The highest BCUT2D eigenvalue weighted by atomic mass is 16.4. The molecular weight excluding hydrogens is 212 g/mol. The van der Waals surface area contributed by atoms with E-state index in [4.69, 9.17) is 10.2 Å². The first-order valence-electron chi connectivity index (χ1n) is 4.15. The minimum absolute atomic E-state index is 0. The van der Waals surface area contributed by atoms with Gasteiger partial charge in [-0.2, -0.15) is 0 Å². The number of aliphatic carboxylic acids is 1. The summed E-state index contributed by atoms with van der Waals surface area (Å²) in [7, 11) is 0. The number of aliphatic hydroxyl groups is 1. The molecule has 0 amide bonds. The number of benzene rings is 1. The van der Waals surface area contributed by atoms with Gasteiger partial charge in [0.05, 0.1) is 5.97 Å². The van der Waals surface area contributed by atoms with Gasteiger partial charge < -0.3 is 32.4 Å². The normalized spacial score (nSPS) is 9.69. The first-order valence-corrected chi connectivity index (χ1v) is 4.15. The van der Waals surface area contributed by atoms with E-state index in [9.17, 15) is 9.90 Å². The topological polar surface area (TPSA) is 156 Å². The summed E-state index contributed by atoms with van der Waals surface area (Å²) in [4.78, 5) is 10.1. The molecule has 0 bridgehead atoms. The van der Waals surface area contributed by atoms with Crippen LogP contribution < -0.4 is 22.5 Å². The number of hydrogen-bond acceptors (Lipinski definition) is 4. The fraction of sp³-hybridized carbons (Fsp3) is 0.300. The number of rotatable bonds is 2. The maximum atomic E-state index is 10.1. The molecule has 1 rings (SSSR count). The first-order chi connectivity index (χ1) is 6.63. The molecule has 0 aliphatic rings. The summed E-state index contributed by atoms with van der Waals surface area (Å²) in [6.45, 7) is 1.57. The molecule has 94 valence electrons. The molecule has 16 heavy (non-hydrogen) atoms. The number of quaternary nitrogens is 2. The van der Waals surface area contributed by atoms with E-state index in [0.717, 1.165) is 0 Å². The van der Waals surface area contributed by atoms with Gasteiger partial charge in [0.1, 0.15) is 6.10 Å². The largest absolute Gasteiger partial charge is 0.855 e. The van der Waals surface area contributed by atoms with Gasteiger partial charge in [0.2, 0.25) is 0 Å². The van der Waals surface area contributed by atoms with Crippen LogP contribution in [0.1, 0.15) is 18.6 Å². The maximum absolute atomic E-state index is 10.1. The van der Waals surface area contributed by atoms with Gasteiger partial charge >= 0.3 is 0 Å². The van der Waals surface area contributed by atoms with E-state index in [1.165, 1.54) is 12.1 Å². The second-order valence-corrected chi connectivity index (χ2v) is 2.42. The standard InChI is InChI=1S/C8H8O3.C2H5O.2H3N/c9-7(8(10)11)6-4-2-1-3-5-6;1-2-3;;/h1-5,7,9H,(H,10,11);2H2,1H3;2*1H3/q;-1;;/p+1. The predicted molar refractivity (Wildman–Crippen MR) is 58.9 cm³/mol. The molecule has 0 radical (unpaired) electrons. The van der Waals surface area contributed by atoms with Gasteiger partial charge in [-0.3, -0.25) is 0 Å². The number of hydrogen-bond donors (Lipinski definition) is 3. The zero-order valence-electron chi connectivity index (χ0n) is 9.84. The molecule has 0 aromatic heterocycles. The lowest BCUT2D eigenvalue weighted by Crippen LogP contribution is -2.29. The van der Waals surface area contributed by atoms with Crippen LogP contribution in [0.15, 0.2) is 30.3 Å². The number of carbonyl (C=O) groups excluding carboxylic acids is 1. The summed E-state index contributed by atoms with van der Waals surface area (Å²) in [5, 5.41) is 28.0. The Morgan fingerprint density at radius 1 is 1.31 bits per heavy atom. The second-order valence-electron chi connectivity index (χ2n) is 2.42. The molecular formula is C10H20N2O4. The van der Waals surface area contributed by atoms with E-state index in [-0.39, 0.29) is 18.9 Å². The van der Waals surface area contributed by atoms with Crippen LogP contribution in [0.4, 0.5) is 0 Å². The maximum Gasteiger partial charge on any atom is 0.118 e. The van der Waals surface area contributed by atoms with E-state index < -0.39 is 12.1 Å². The van der Waals surface area contributed by atoms with Crippen molar-refractivity contribution in [2.75, 3.05) is 6.61 Å². The van der Waals surface area contributed by atoms with Gasteiger partial charge in [0.25, 0.3) is 0 Å². The highest BCUT2D eigenvalue weighted by molar-refractivity contribution is 5.71. The van der Waals surface area contributed by atoms with Crippen molar-refractivity contribution in [1.29, 1.82) is 0 Å². The smallest absolute Gasteiger partial charge is 0.118 e. The molecule has 0 heterocycles. The van der Waals surface area contributed by atoms with Gasteiger partial charge in [0, 0.05) is 0 Å². The minimum atomic E-state index is -1.52. The van der Waals surface area contributed by atoms with Crippen LogP contribution in [-0.4, -0.2) is 17.7 Å². The first kappa shape index (κ1) is 20.0. The van der Waals surface area contributed by atoms with Crippen LogP contribution in [-0.2, 0) is 4.79 Å². The molecule has 0 saturated carbocycles. The van der Waals surface area contributed by atoms with E-state index in [0.29, 0.717) is 5.56 Å². The van der Waals surface area contributed by atoms with Crippen molar-refractivity contribution in [3.05, 3.63) is 35.9 Å². The Balaban J connectivity index is -0.000000306. The third-order valence-electron chi connectivity index (χ3n) is 1.34. The van der Waals surface area contributed by atoms with Crippen molar-refractivity contribution < 1.29 is 20.1 Å². The van der Waals surface area contributed by atoms with Crippen LogP contribution in [0.2, 0.25) is 0 Å². The predicted octanol–water partition coefficient (Wildman–Crippen LogP) is -0.411. The molecule has 1 atom stereocenters. The van der Waals surface area contributed by atoms with Crippen LogP contribution >= 0.6 is 0 Å². The van der Waals surface area contributed by atoms with Crippen molar-refractivity contribution >= 4 is 5.97 Å². The van der Waals surface area contributed by atoms with Crippen LogP contribution in [0, 0.1) is 0 Å². The number of carboxylic acid groups (broad SMARTS) is 1. The van der Waals surface area contributed by atoms with Gasteiger partial charge in [0.15, 0.2) is 0 Å². The average Bonchev–Trinajstić information content (AvgIpc) is 2.19. The van der Waals surface area contributed by atoms with Gasteiger partial charge in [-0.05, 0) is 5.56 Å². The monoisotopic (exact) mass is 232 g/mol. The molecule has 0 saturated heterocycles. The number of carboxylic acids is 1. The van der Waals surface area contributed by atoms with E-state index >= 15 is 0 Å². The van der Waals surface area contributed by atoms with Crippen molar-refractivity contribution in [3.63, 3.8) is 0 Å². The Bertz CT molecular complexity index is 267. The molecule has 6 heteroatoms. The summed E-state index contributed by atoms with van der Waals surface area (Å²) in [5.74, 6) is -1.48. The molecule has 1 aromatic carbocycles. The fourth-order valence-corrected chi connectivity index (χ4v) is 0.771. The third kappa shape index (κ3) is 7.89. The molecule has 0 fully saturated rings. The molecule has 1 aromatic rings. The highest BCUT2D eigenvalue weighted by Crippen LogP contribution is 2.09. The van der Waals surface area contributed by atoms with Gasteiger partial charge in [-0.15, -0.1) is 6.61 Å². The SMILES string of the molecule is CC[O-].O=C([O-])C(O)c1ccccc1.[NH4+].[NH4+]. The summed E-state index contributed by atoms with van der Waals surface area (Å²) in [5.41, 5.74) is 0.340. The molecule has 1 unspecified atom stereocenters. The average molecular weight is 232 g/mol. The Morgan fingerprint density at radius 3 is 2.00 bits per heavy atom. The quantitative estimate of drug-likeness (QED) is 0.633. The van der Waals surface area contributed by atoms with Crippen molar-refractivity contribution in [1.82, 2.24) is 12.3 Å². The number of aliphatic hydroxyl groups excluding tert-OH is 1. The Kier molecular flexibility index (Phi) is 14.5. The van der Waals surface area contributed by atoms with Crippen molar-refractivity contribution in [3.8, 4) is 0 Å². The van der Waals surface area contributed by atoms with Gasteiger partial charge in [-0.25, -0.2) is 0 Å². The summed E-state index contributed by atoms with van der Waals surface area (Å²) >= 11 is 0. The Labute approximate surface area is 94.7 Å². The lowest BCUT2D eigenvalue weighted by molar-refractivity contribution is -0.361. The lowest BCUT2D eigenvalue weighted by Gasteiger charge is -2.10. The zero-order valence-corrected chi connectivity index (χ0v) is 9.84. The van der Waals surface area contributed by atoms with E-state index in [1.807, 2.05) is 0 Å². The highest BCUT2D eigenvalue weighted by Gasteiger charge is 2.05. The molecule has 0 spiro atoms. The minimum Gasteiger partial charge on any atom is -0.855 e. The molecule has 0 aliphatic carbocycles. The number of carbonyl (C=O) groups is 1. The Hall–Kier alpha value is -1.47. The summed E-state index contributed by atoms with van der Waals surface area (Å²) in [6.07, 6.45) is -1.52. The van der Waals surface area contributed by atoms with Crippen molar-refractivity contribution in [2.45, 2.75) is 13.0 Å². The molecule has 0 aliphatic heterocycles. The molecule has 9 N–H and O–H groups in total. The summed E-state index contributed by atoms with van der Waals surface area (Å²) in [6, 6.07) is 8.11. The van der Waals surface area contributed by atoms with Crippen LogP contribution in [0.5, 0.6) is 0 Å². The Morgan fingerprint density at radius 2 is 1.69 bits per heavy atom. The van der Waals surface area contributed by atoms with E-state index in [1.54, 1.807) is 25.1 Å². The van der Waals surface area contributed by atoms with Crippen molar-refractivity contribution in [2.24, 2.45) is 0 Å². The third-order valence-corrected chi connectivity index (χ3v) is 1.34. The van der Waals surface area contributed by atoms with E-state index in [2.05, 4.69) is 0 Å². The summed E-state index contributed by atoms with van der Waals surface area (Å²) < 4.78 is 0. The van der Waals surface area contributed by atoms with Gasteiger partial charge in [-0.1, -0.05) is 37.3 Å². The fourth-order valence-electron chi connectivity index (χ4n) is 0.771. The lowest BCUT2D eigenvalue weighted by atomic mass is 10.1. The second kappa shape index (κ2) is 11.6. The van der Waals surface area contributed by atoms with Crippen LogP contribution in [0.3, 0.4) is 0 Å².